The van der Waals surface area contributed by atoms with Crippen molar-refractivity contribution in [3.05, 3.63) is 100 Å². The van der Waals surface area contributed by atoms with Gasteiger partial charge in [0.2, 0.25) is 10.0 Å². The number of furan rings is 1. The van der Waals surface area contributed by atoms with E-state index < -0.39 is 21.9 Å². The van der Waals surface area contributed by atoms with E-state index in [9.17, 15) is 18.0 Å². The van der Waals surface area contributed by atoms with Crippen molar-refractivity contribution in [2.75, 3.05) is 12.0 Å². The molecule has 1 aliphatic rings. The second kappa shape index (κ2) is 10.8. The van der Waals surface area contributed by atoms with Crippen LogP contribution >= 0.6 is 0 Å². The largest absolute Gasteiger partial charge is 0.465 e. The summed E-state index contributed by atoms with van der Waals surface area (Å²) in [5.41, 5.74) is 3.44. The first-order valence-electron chi connectivity index (χ1n) is 12.1. The Bertz CT molecular complexity index is 1530. The van der Waals surface area contributed by atoms with Crippen molar-refractivity contribution in [3.8, 4) is 0 Å². The Morgan fingerprint density at radius 3 is 2.29 bits per heavy atom. The van der Waals surface area contributed by atoms with Gasteiger partial charge in [0.25, 0.3) is 5.91 Å². The van der Waals surface area contributed by atoms with Crippen LogP contribution in [-0.2, 0) is 30.9 Å². The highest BCUT2D eigenvalue weighted by molar-refractivity contribution is 7.89. The van der Waals surface area contributed by atoms with Crippen molar-refractivity contribution in [1.82, 2.24) is 4.72 Å². The zero-order valence-corrected chi connectivity index (χ0v) is 22.8. The SMILES string of the molecule is COC(=O)C1=C(C)N(c2ccc(C(C)C)cc2)C(=O)/C1=C/c1ccc(CNS(=O)(=O)c2ccc(C)cc2)o1. The summed E-state index contributed by atoms with van der Waals surface area (Å²) < 4.78 is 38.4. The smallest absolute Gasteiger partial charge is 0.340 e. The summed E-state index contributed by atoms with van der Waals surface area (Å²) in [5.74, 6) is -0.0478. The molecule has 0 saturated heterocycles. The van der Waals surface area contributed by atoms with E-state index in [4.69, 9.17) is 9.15 Å². The van der Waals surface area contributed by atoms with Gasteiger partial charge in [0.15, 0.2) is 0 Å². The van der Waals surface area contributed by atoms with Crippen molar-refractivity contribution in [1.29, 1.82) is 0 Å². The number of sulfonamides is 1. The number of carbonyl (C=O) groups is 2. The third kappa shape index (κ3) is 5.49. The molecule has 0 bridgehead atoms. The van der Waals surface area contributed by atoms with Crippen molar-refractivity contribution >= 4 is 33.7 Å². The van der Waals surface area contributed by atoms with Crippen LogP contribution in [0.15, 0.2) is 86.8 Å². The van der Waals surface area contributed by atoms with Gasteiger partial charge < -0.3 is 9.15 Å². The molecule has 0 radical (unpaired) electrons. The van der Waals surface area contributed by atoms with Crippen LogP contribution in [0.3, 0.4) is 0 Å². The number of rotatable bonds is 8. The number of anilines is 1. The molecule has 4 rings (SSSR count). The average molecular weight is 535 g/mol. The fourth-order valence-electron chi connectivity index (χ4n) is 4.18. The van der Waals surface area contributed by atoms with E-state index in [0.717, 1.165) is 11.1 Å². The van der Waals surface area contributed by atoms with Crippen LogP contribution < -0.4 is 9.62 Å². The lowest BCUT2D eigenvalue weighted by atomic mass is 10.0. The predicted molar refractivity (Wildman–Crippen MR) is 145 cm³/mol. The van der Waals surface area contributed by atoms with Crippen molar-refractivity contribution in [2.24, 2.45) is 0 Å². The molecule has 2 heterocycles. The van der Waals surface area contributed by atoms with Crippen LogP contribution in [0.4, 0.5) is 5.69 Å². The fourth-order valence-corrected chi connectivity index (χ4v) is 5.17. The summed E-state index contributed by atoms with van der Waals surface area (Å²) in [6.45, 7) is 7.65. The molecule has 8 nitrogen and oxygen atoms in total. The fraction of sp³-hybridized carbons (Fsp3) is 0.241. The number of hydrogen-bond donors (Lipinski definition) is 1. The predicted octanol–water partition coefficient (Wildman–Crippen LogP) is 5.07. The van der Waals surface area contributed by atoms with Crippen LogP contribution in [0.2, 0.25) is 0 Å². The minimum atomic E-state index is -3.73. The van der Waals surface area contributed by atoms with Gasteiger partial charge in [-0.25, -0.2) is 17.9 Å². The molecule has 3 aromatic rings. The molecule has 0 fully saturated rings. The molecule has 0 unspecified atom stereocenters. The molecular weight excluding hydrogens is 504 g/mol. The van der Waals surface area contributed by atoms with Gasteiger partial charge in [-0.05, 0) is 67.8 Å². The zero-order chi connectivity index (χ0) is 27.6. The highest BCUT2D eigenvalue weighted by Gasteiger charge is 2.38. The zero-order valence-electron chi connectivity index (χ0n) is 21.9. The Morgan fingerprint density at radius 2 is 1.68 bits per heavy atom. The molecule has 1 N–H and O–H groups in total. The summed E-state index contributed by atoms with van der Waals surface area (Å²) in [6, 6.07) is 17.3. The number of amides is 1. The van der Waals surface area contributed by atoms with E-state index in [2.05, 4.69) is 18.6 Å². The maximum Gasteiger partial charge on any atom is 0.340 e. The first-order valence-corrected chi connectivity index (χ1v) is 13.6. The topological polar surface area (TPSA) is 106 Å². The van der Waals surface area contributed by atoms with Gasteiger partial charge in [-0.3, -0.25) is 9.69 Å². The lowest BCUT2D eigenvalue weighted by molar-refractivity contribution is -0.136. The second-order valence-electron chi connectivity index (χ2n) is 9.34. The summed E-state index contributed by atoms with van der Waals surface area (Å²) in [7, 11) is -2.47. The number of allylic oxidation sites excluding steroid dienone is 1. The molecular formula is C29H30N2O6S. The van der Waals surface area contributed by atoms with E-state index >= 15 is 0 Å². The van der Waals surface area contributed by atoms with Gasteiger partial charge >= 0.3 is 5.97 Å². The maximum absolute atomic E-state index is 13.5. The van der Waals surface area contributed by atoms with E-state index in [1.165, 1.54) is 30.2 Å². The average Bonchev–Trinajstić information content (AvgIpc) is 3.44. The van der Waals surface area contributed by atoms with E-state index in [0.29, 0.717) is 28.8 Å². The van der Waals surface area contributed by atoms with Gasteiger partial charge in [0.05, 0.1) is 29.7 Å². The minimum Gasteiger partial charge on any atom is -0.465 e. The molecule has 0 aliphatic carbocycles. The quantitative estimate of drug-likeness (QED) is 0.320. The number of nitrogens with zero attached hydrogens (tertiary/aromatic N) is 1. The Balaban J connectivity index is 1.59. The lowest BCUT2D eigenvalue weighted by Gasteiger charge is -2.18. The number of ether oxygens (including phenoxy) is 1. The van der Waals surface area contributed by atoms with Crippen molar-refractivity contribution < 1.29 is 27.2 Å². The molecule has 0 atom stereocenters. The maximum atomic E-state index is 13.5. The number of carbonyl (C=O) groups excluding carboxylic acids is 2. The number of nitrogens with one attached hydrogen (secondary N) is 1. The third-order valence-corrected chi connectivity index (χ3v) is 7.76. The molecule has 2 aromatic carbocycles. The summed E-state index contributed by atoms with van der Waals surface area (Å²) in [5, 5.41) is 0. The van der Waals surface area contributed by atoms with Gasteiger partial charge in [-0.1, -0.05) is 43.7 Å². The molecule has 1 amide bonds. The molecule has 9 heteroatoms. The monoisotopic (exact) mass is 534 g/mol. The second-order valence-corrected chi connectivity index (χ2v) is 11.1. The number of methoxy groups -OCH3 is 1. The van der Waals surface area contributed by atoms with Crippen LogP contribution in [0.25, 0.3) is 6.08 Å². The Morgan fingerprint density at radius 1 is 1.03 bits per heavy atom. The normalized spacial score (nSPS) is 15.2. The number of aryl methyl sites for hydroxylation is 1. The molecule has 0 spiro atoms. The summed E-state index contributed by atoms with van der Waals surface area (Å²) in [6.07, 6.45) is 1.47. The summed E-state index contributed by atoms with van der Waals surface area (Å²) >= 11 is 0. The first-order chi connectivity index (χ1) is 18.0. The molecule has 38 heavy (non-hydrogen) atoms. The number of benzene rings is 2. The van der Waals surface area contributed by atoms with Crippen molar-refractivity contribution in [2.45, 2.75) is 45.1 Å². The highest BCUT2D eigenvalue weighted by Crippen LogP contribution is 2.36. The lowest BCUT2D eigenvalue weighted by Crippen LogP contribution is -2.24. The Kier molecular flexibility index (Phi) is 7.71. The molecule has 0 saturated carbocycles. The van der Waals surface area contributed by atoms with E-state index in [1.54, 1.807) is 31.2 Å². The van der Waals surface area contributed by atoms with Crippen LogP contribution in [0.1, 0.15) is 49.3 Å². The van der Waals surface area contributed by atoms with Gasteiger partial charge in [0.1, 0.15) is 11.5 Å². The minimum absolute atomic E-state index is 0.0830. The van der Waals surface area contributed by atoms with Gasteiger partial charge in [0, 0.05) is 11.4 Å². The van der Waals surface area contributed by atoms with Gasteiger partial charge in [-0.2, -0.15) is 0 Å². The summed E-state index contributed by atoms with van der Waals surface area (Å²) in [4.78, 5) is 27.8. The van der Waals surface area contributed by atoms with E-state index in [1.807, 2.05) is 31.2 Å². The first kappa shape index (κ1) is 27.1. The van der Waals surface area contributed by atoms with Gasteiger partial charge in [-0.15, -0.1) is 0 Å². The highest BCUT2D eigenvalue weighted by atomic mass is 32.2. The Hall–Kier alpha value is -3.95. The molecule has 1 aromatic heterocycles. The molecule has 198 valence electrons. The molecule has 1 aliphatic heterocycles. The van der Waals surface area contributed by atoms with Crippen molar-refractivity contribution in [3.63, 3.8) is 0 Å². The standard InChI is InChI=1S/C29H30N2O6S/c1-18(2)21-8-10-22(11-9-21)31-20(4)27(29(33)36-5)26(28(31)32)16-23-12-13-24(37-23)17-30-38(34,35)25-14-6-19(3)7-15-25/h6-16,18,30H,17H2,1-5H3/b26-16+. The van der Waals surface area contributed by atoms with Crippen LogP contribution in [0.5, 0.6) is 0 Å². The van der Waals surface area contributed by atoms with E-state index in [-0.39, 0.29) is 22.6 Å². The number of hydrogen-bond acceptors (Lipinski definition) is 6. The van der Waals surface area contributed by atoms with Crippen LogP contribution in [-0.4, -0.2) is 27.4 Å². The van der Waals surface area contributed by atoms with Crippen LogP contribution in [0, 0.1) is 6.92 Å². The number of esters is 1. The third-order valence-electron chi connectivity index (χ3n) is 6.34. The Labute approximate surface area is 222 Å².